The Morgan fingerprint density at radius 3 is 1.67 bits per heavy atom. The van der Waals surface area contributed by atoms with Crippen LogP contribution in [0.3, 0.4) is 0 Å². The highest BCUT2D eigenvalue weighted by molar-refractivity contribution is 5.98. The molecule has 0 saturated carbocycles. The standard InChI is InChI=1S/C77H105N7O20/c1-11-46(6)64(62(90)38-57(47(7)87)71(95)78-39-52(88)36-51(40-85)70(94)80-60(41-86)74(98)99)81-69(93)50(29-19-14-20-34-63(91)102-42-48-25-15-12-16-26-48)37-61(89)59(35-44(2)3)79-73(97)67(68(92)45(4)5)82-72(96)66(65(49-27-17-13-18-28-49)83-76(101)104-77(8,9)10)84-75(100)103-43-58-55-32-23-21-30-53(55)54-31-22-24-33-56(54)58/h12-13,15-18,21-28,30-33,44-47,50-51,57-60,64-68,85-87,92H,11,14,19-20,29,34-43H2,1-10H3,(H,78,95)(H,79,97)(H,80,94)(H,81,93)(H,82,96)(H,83,101)(H,84,100)(H,98,99)/t46-,47-,50-,51-,57-,59-,60-,64-,65+,66-,67?,68+/m0/s1. The number of aliphatic hydroxyl groups excluding tert-OH is 4. The fourth-order valence-electron chi connectivity index (χ4n) is 12.1. The van der Waals surface area contributed by atoms with E-state index in [1.807, 2.05) is 84.2 Å². The first-order chi connectivity index (χ1) is 49.3. The van der Waals surface area contributed by atoms with Crippen molar-refractivity contribution in [1.29, 1.82) is 0 Å². The number of carboxylic acid groups (broad SMARTS) is 1. The Morgan fingerprint density at radius 1 is 0.548 bits per heavy atom. The predicted octanol–water partition coefficient (Wildman–Crippen LogP) is 6.19. The van der Waals surface area contributed by atoms with Gasteiger partial charge in [0, 0.05) is 37.5 Å². The second-order valence-corrected chi connectivity index (χ2v) is 28.3. The molecule has 7 amide bonds. The van der Waals surface area contributed by atoms with Gasteiger partial charge in [-0.15, -0.1) is 0 Å². The summed E-state index contributed by atoms with van der Waals surface area (Å²) in [6, 6.07) is 23.1. The van der Waals surface area contributed by atoms with E-state index in [0.29, 0.717) is 24.8 Å². The number of benzene rings is 4. The third-order valence-corrected chi connectivity index (χ3v) is 18.1. The molecule has 0 saturated heterocycles. The van der Waals surface area contributed by atoms with E-state index in [-0.39, 0.29) is 44.8 Å². The summed E-state index contributed by atoms with van der Waals surface area (Å²) >= 11 is 0. The number of alkyl carbamates (subject to hydrolysis) is 2. The van der Waals surface area contributed by atoms with Gasteiger partial charge in [0.15, 0.2) is 17.3 Å². The summed E-state index contributed by atoms with van der Waals surface area (Å²) in [5, 5.41) is 69.1. The SMILES string of the molecule is CC[C@H](C)[C@H](NC(=O)[C@@H](CCCCCC(=O)OCc1ccccc1)CC(=O)[C@H](CC(C)C)NC(=O)C(NC(=O)[C@@H](NC(=O)OCC1c2ccccc2-c2ccccc21)[C@H](NC(=O)OC(C)(C)C)c1ccccc1)[C@H](O)C(C)C)C(=O)C[C@H](C(=O)NCC(=O)C[C@@H](CO)C(=O)N[C@@H](CO)C(=O)O)[C@H](C)O. The monoisotopic (exact) mass is 1450 g/mol. The molecule has 27 heteroatoms. The molecule has 27 nitrogen and oxygen atoms in total. The summed E-state index contributed by atoms with van der Waals surface area (Å²) in [5.74, 6) is -15.3. The molecule has 4 aromatic rings. The van der Waals surface area contributed by atoms with E-state index in [0.717, 1.165) is 27.8 Å². The smallest absolute Gasteiger partial charge is 0.408 e. The van der Waals surface area contributed by atoms with Crippen LogP contribution in [0.25, 0.3) is 11.1 Å². The summed E-state index contributed by atoms with van der Waals surface area (Å²) < 4.78 is 17.0. The lowest BCUT2D eigenvalue weighted by atomic mass is 9.86. The van der Waals surface area contributed by atoms with E-state index >= 15 is 14.4 Å². The molecule has 1 aliphatic rings. The van der Waals surface area contributed by atoms with Crippen molar-refractivity contribution in [3.05, 3.63) is 131 Å². The van der Waals surface area contributed by atoms with E-state index in [9.17, 15) is 68.7 Å². The minimum absolute atomic E-state index is 0.0101. The molecule has 12 atom stereocenters. The van der Waals surface area contributed by atoms with Gasteiger partial charge in [0.1, 0.15) is 36.9 Å². The molecule has 0 radical (unpaired) electrons. The first-order valence-corrected chi connectivity index (χ1v) is 35.5. The molecule has 0 fully saturated rings. The lowest BCUT2D eigenvalue weighted by Gasteiger charge is -2.33. The molecule has 0 bridgehead atoms. The minimum Gasteiger partial charge on any atom is -0.480 e. The number of carbonyl (C=O) groups is 12. The number of hydrogen-bond acceptors (Lipinski definition) is 19. The Kier molecular flexibility index (Phi) is 34.2. The maximum atomic E-state index is 15.3. The van der Waals surface area contributed by atoms with Crippen LogP contribution in [0.2, 0.25) is 0 Å². The number of carbonyl (C=O) groups excluding carboxylic acids is 11. The fraction of sp³-hybridized carbons (Fsp3) is 0.532. The van der Waals surface area contributed by atoms with Crippen molar-refractivity contribution in [3.63, 3.8) is 0 Å². The molecule has 1 unspecified atom stereocenters. The largest absolute Gasteiger partial charge is 0.480 e. The number of nitrogens with one attached hydrogen (secondary N) is 7. The first-order valence-electron chi connectivity index (χ1n) is 35.5. The zero-order chi connectivity index (χ0) is 77.0. The van der Waals surface area contributed by atoms with Gasteiger partial charge in [0.2, 0.25) is 29.5 Å². The van der Waals surface area contributed by atoms with E-state index in [1.54, 1.807) is 92.6 Å². The summed E-state index contributed by atoms with van der Waals surface area (Å²) in [6.45, 7) is 13.5. The molecular formula is C77H105N7O20. The lowest BCUT2D eigenvalue weighted by molar-refractivity contribution is -0.145. The van der Waals surface area contributed by atoms with Crippen LogP contribution in [0.15, 0.2) is 109 Å². The van der Waals surface area contributed by atoms with Crippen LogP contribution in [-0.2, 0) is 68.8 Å². The molecule has 568 valence electrons. The minimum atomic E-state index is -1.85. The highest BCUT2D eigenvalue weighted by Crippen LogP contribution is 2.44. The Hall–Kier alpha value is -9.44. The van der Waals surface area contributed by atoms with Crippen LogP contribution >= 0.6 is 0 Å². The molecule has 0 aromatic heterocycles. The van der Waals surface area contributed by atoms with E-state index in [4.69, 9.17) is 14.2 Å². The summed E-state index contributed by atoms with van der Waals surface area (Å²) in [4.78, 5) is 166. The number of amides is 7. The number of rotatable bonds is 43. The van der Waals surface area contributed by atoms with Crippen molar-refractivity contribution in [3.8, 4) is 11.1 Å². The Morgan fingerprint density at radius 2 is 1.12 bits per heavy atom. The highest BCUT2D eigenvalue weighted by atomic mass is 16.6. The highest BCUT2D eigenvalue weighted by Gasteiger charge is 2.42. The molecule has 12 N–H and O–H groups in total. The van der Waals surface area contributed by atoms with Gasteiger partial charge in [-0.05, 0) is 98.1 Å². The topological polar surface area (TPSA) is 418 Å². The van der Waals surface area contributed by atoms with Crippen molar-refractivity contribution in [2.45, 2.75) is 200 Å². The van der Waals surface area contributed by atoms with Crippen molar-refractivity contribution in [2.75, 3.05) is 26.4 Å². The van der Waals surface area contributed by atoms with Gasteiger partial charge in [0.25, 0.3) is 0 Å². The second-order valence-electron chi connectivity index (χ2n) is 28.3. The summed E-state index contributed by atoms with van der Waals surface area (Å²) in [6.07, 6.45) is -5.82. The van der Waals surface area contributed by atoms with E-state index < -0.39 is 200 Å². The average molecular weight is 1450 g/mol. The van der Waals surface area contributed by atoms with Gasteiger partial charge in [-0.2, -0.15) is 0 Å². The summed E-state index contributed by atoms with van der Waals surface area (Å²) in [5.41, 5.74) is 3.80. The number of aliphatic hydroxyl groups is 4. The fourth-order valence-corrected chi connectivity index (χ4v) is 12.1. The van der Waals surface area contributed by atoms with Crippen LogP contribution in [0.1, 0.15) is 168 Å². The van der Waals surface area contributed by atoms with Gasteiger partial charge in [-0.1, -0.05) is 170 Å². The maximum absolute atomic E-state index is 15.3. The average Bonchev–Trinajstić information content (AvgIpc) is 1.61. The number of hydrogen-bond donors (Lipinski definition) is 12. The number of Topliss-reactive ketones (excluding diaryl/α,β-unsaturated/α-hetero) is 3. The van der Waals surface area contributed by atoms with Crippen LogP contribution in [0.5, 0.6) is 0 Å². The number of unbranched alkanes of at least 4 members (excludes halogenated alkanes) is 2. The normalized spacial score (nSPS) is 15.4. The number of aliphatic carboxylic acids is 1. The van der Waals surface area contributed by atoms with Crippen LogP contribution in [-0.4, -0.2) is 171 Å². The van der Waals surface area contributed by atoms with Gasteiger partial charge in [-0.3, -0.25) is 43.2 Å². The van der Waals surface area contributed by atoms with E-state index in [1.165, 1.54) is 6.92 Å². The van der Waals surface area contributed by atoms with E-state index in [2.05, 4.69) is 31.9 Å². The van der Waals surface area contributed by atoms with Crippen molar-refractivity contribution >= 4 is 71.0 Å². The number of carboxylic acids is 1. The predicted molar refractivity (Wildman–Crippen MR) is 383 cm³/mol. The lowest BCUT2D eigenvalue weighted by Crippen LogP contribution is -2.62. The zero-order valence-electron chi connectivity index (χ0n) is 61.0. The van der Waals surface area contributed by atoms with Gasteiger partial charge < -0.3 is 77.0 Å². The molecule has 1 aliphatic carbocycles. The van der Waals surface area contributed by atoms with Crippen molar-refractivity contribution in [1.82, 2.24) is 37.2 Å². The molecular weight excluding hydrogens is 1340 g/mol. The Bertz CT molecular complexity index is 3500. The molecule has 104 heavy (non-hydrogen) atoms. The van der Waals surface area contributed by atoms with Crippen LogP contribution in [0.4, 0.5) is 9.59 Å². The number of esters is 1. The van der Waals surface area contributed by atoms with Crippen molar-refractivity contribution < 1.29 is 97.3 Å². The second kappa shape index (κ2) is 41.8. The number of ether oxygens (including phenoxy) is 3. The molecule has 4 aromatic carbocycles. The zero-order valence-corrected chi connectivity index (χ0v) is 61.0. The molecule has 0 heterocycles. The molecule has 5 rings (SSSR count). The Balaban J connectivity index is 1.42. The quantitative estimate of drug-likeness (QED) is 0.0133. The van der Waals surface area contributed by atoms with Gasteiger partial charge in [0.05, 0.1) is 61.9 Å². The van der Waals surface area contributed by atoms with Crippen LogP contribution < -0.4 is 37.2 Å². The van der Waals surface area contributed by atoms with Gasteiger partial charge in [-0.25, -0.2) is 14.4 Å². The first kappa shape index (κ1) is 85.2. The Labute approximate surface area is 607 Å². The molecule has 0 spiro atoms. The number of fused-ring (bicyclic) bond motifs is 3. The molecule has 0 aliphatic heterocycles. The van der Waals surface area contributed by atoms with Crippen molar-refractivity contribution in [2.24, 2.45) is 35.5 Å². The number of ketones is 3. The van der Waals surface area contributed by atoms with Crippen LogP contribution in [0, 0.1) is 35.5 Å². The maximum Gasteiger partial charge on any atom is 0.408 e. The summed E-state index contributed by atoms with van der Waals surface area (Å²) in [7, 11) is 0. The van der Waals surface area contributed by atoms with Gasteiger partial charge >= 0.3 is 24.1 Å². The third kappa shape index (κ3) is 26.7. The third-order valence-electron chi connectivity index (χ3n) is 18.1.